The Morgan fingerprint density at radius 1 is 0.931 bits per heavy atom. The zero-order valence-corrected chi connectivity index (χ0v) is 18.2. The summed E-state index contributed by atoms with van der Waals surface area (Å²) in [5.74, 6) is 1.27. The van der Waals surface area contributed by atoms with E-state index >= 15 is 0 Å². The molecular formula is C25H21BrO3. The lowest BCUT2D eigenvalue weighted by molar-refractivity contribution is 0.305. The molecule has 0 amide bonds. The molecule has 3 nitrogen and oxygen atoms in total. The van der Waals surface area contributed by atoms with E-state index in [1.165, 1.54) is 11.1 Å². The molecule has 0 aliphatic carbocycles. The summed E-state index contributed by atoms with van der Waals surface area (Å²) in [6.45, 7) is 6.44. The Hall–Kier alpha value is -2.85. The lowest BCUT2D eigenvalue weighted by atomic mass is 10.0. The normalized spacial score (nSPS) is 11.0. The Bertz CT molecular complexity index is 1250. The van der Waals surface area contributed by atoms with Crippen molar-refractivity contribution in [2.75, 3.05) is 0 Å². The van der Waals surface area contributed by atoms with Gasteiger partial charge in [0.05, 0.1) is 10.9 Å². The first-order chi connectivity index (χ1) is 13.9. The van der Waals surface area contributed by atoms with Gasteiger partial charge in [-0.2, -0.15) is 0 Å². The third-order valence-corrected chi connectivity index (χ3v) is 5.60. The number of fused-ring (bicyclic) bond motifs is 1. The van der Waals surface area contributed by atoms with E-state index in [2.05, 4.69) is 48.0 Å². The van der Waals surface area contributed by atoms with E-state index in [4.69, 9.17) is 9.15 Å². The second kappa shape index (κ2) is 7.88. The third-order valence-electron chi connectivity index (χ3n) is 5.07. The van der Waals surface area contributed by atoms with Crippen LogP contribution in [-0.4, -0.2) is 0 Å². The van der Waals surface area contributed by atoms with E-state index in [1.807, 2.05) is 37.3 Å². The molecule has 0 fully saturated rings. The third kappa shape index (κ3) is 3.99. The molecule has 0 aliphatic heterocycles. The lowest BCUT2D eigenvalue weighted by Gasteiger charge is -2.11. The summed E-state index contributed by atoms with van der Waals surface area (Å²) in [5, 5.41) is 0.549. The second-order valence-electron chi connectivity index (χ2n) is 7.25. The van der Waals surface area contributed by atoms with Gasteiger partial charge < -0.3 is 9.15 Å². The van der Waals surface area contributed by atoms with Gasteiger partial charge >= 0.3 is 0 Å². The quantitative estimate of drug-likeness (QED) is 0.347. The summed E-state index contributed by atoms with van der Waals surface area (Å²) in [5.41, 5.74) is 5.48. The van der Waals surface area contributed by atoms with Crippen molar-refractivity contribution in [1.29, 1.82) is 0 Å². The van der Waals surface area contributed by atoms with Crippen LogP contribution < -0.4 is 10.2 Å². The van der Waals surface area contributed by atoms with Gasteiger partial charge in [-0.1, -0.05) is 51.8 Å². The van der Waals surface area contributed by atoms with Gasteiger partial charge in [0.25, 0.3) is 0 Å². The van der Waals surface area contributed by atoms with Crippen LogP contribution in [0, 0.1) is 20.8 Å². The molecular weight excluding hydrogens is 428 g/mol. The van der Waals surface area contributed by atoms with E-state index in [-0.39, 0.29) is 5.43 Å². The molecule has 146 valence electrons. The molecule has 1 heterocycles. The summed E-state index contributed by atoms with van der Waals surface area (Å²) in [4.78, 5) is 13.1. The van der Waals surface area contributed by atoms with Crippen LogP contribution in [-0.2, 0) is 6.61 Å². The predicted molar refractivity (Wildman–Crippen MR) is 121 cm³/mol. The van der Waals surface area contributed by atoms with Crippen molar-refractivity contribution in [3.8, 4) is 16.9 Å². The predicted octanol–water partition coefficient (Wildman–Crippen LogP) is 6.73. The van der Waals surface area contributed by atoms with Gasteiger partial charge in [-0.05, 0) is 61.7 Å². The van der Waals surface area contributed by atoms with Crippen LogP contribution in [0.2, 0.25) is 0 Å². The zero-order valence-electron chi connectivity index (χ0n) is 16.6. The molecule has 0 saturated heterocycles. The van der Waals surface area contributed by atoms with Gasteiger partial charge in [0.2, 0.25) is 5.43 Å². The Kier molecular flexibility index (Phi) is 5.29. The molecule has 0 radical (unpaired) electrons. The highest BCUT2D eigenvalue weighted by atomic mass is 79.9. The number of hydrogen-bond donors (Lipinski definition) is 0. The van der Waals surface area contributed by atoms with E-state index in [1.54, 1.807) is 12.1 Å². The van der Waals surface area contributed by atoms with Crippen molar-refractivity contribution in [3.05, 3.63) is 97.8 Å². The fourth-order valence-corrected chi connectivity index (χ4v) is 3.71. The number of ether oxygens (including phenoxy) is 1. The molecule has 29 heavy (non-hydrogen) atoms. The van der Waals surface area contributed by atoms with Crippen molar-refractivity contribution in [1.82, 2.24) is 0 Å². The fourth-order valence-electron chi connectivity index (χ4n) is 3.44. The summed E-state index contributed by atoms with van der Waals surface area (Å²) < 4.78 is 12.9. The Labute approximate surface area is 178 Å². The lowest BCUT2D eigenvalue weighted by Crippen LogP contribution is -2.07. The molecule has 4 aromatic rings. The maximum absolute atomic E-state index is 13.1. The van der Waals surface area contributed by atoms with Gasteiger partial charge in [-0.3, -0.25) is 4.79 Å². The molecule has 4 rings (SSSR count). The van der Waals surface area contributed by atoms with Crippen LogP contribution in [0.4, 0.5) is 0 Å². The van der Waals surface area contributed by atoms with Crippen LogP contribution in [0.1, 0.15) is 22.5 Å². The smallest absolute Gasteiger partial charge is 0.200 e. The fraction of sp³-hybridized carbons (Fsp3) is 0.160. The van der Waals surface area contributed by atoms with Crippen molar-refractivity contribution in [3.63, 3.8) is 0 Å². The minimum Gasteiger partial charge on any atom is -0.489 e. The standard InChI is InChI=1S/C25H21BrO3/c1-15-4-5-16(2)19(12-15)14-28-21-10-11-22-23(13-21)29-17(3)24(25(22)27)18-6-8-20(26)9-7-18/h4-13H,14H2,1-3H3. The molecule has 0 aliphatic rings. The molecule has 0 unspecified atom stereocenters. The molecule has 0 N–H and O–H groups in total. The van der Waals surface area contributed by atoms with Crippen molar-refractivity contribution < 1.29 is 9.15 Å². The Balaban J connectivity index is 1.68. The van der Waals surface area contributed by atoms with E-state index in [0.717, 1.165) is 15.6 Å². The van der Waals surface area contributed by atoms with Gasteiger partial charge in [0.15, 0.2) is 0 Å². The SMILES string of the molecule is Cc1ccc(C)c(COc2ccc3c(=O)c(-c4ccc(Br)cc4)c(C)oc3c2)c1. The second-order valence-corrected chi connectivity index (χ2v) is 8.16. The monoisotopic (exact) mass is 448 g/mol. The molecule has 4 heteroatoms. The van der Waals surface area contributed by atoms with Gasteiger partial charge in [0.1, 0.15) is 23.7 Å². The molecule has 0 saturated carbocycles. The number of aryl methyl sites for hydroxylation is 3. The topological polar surface area (TPSA) is 39.4 Å². The molecule has 0 atom stereocenters. The average molecular weight is 449 g/mol. The van der Waals surface area contributed by atoms with Gasteiger partial charge in [-0.25, -0.2) is 0 Å². The van der Waals surface area contributed by atoms with E-state index in [0.29, 0.717) is 34.6 Å². The van der Waals surface area contributed by atoms with Crippen molar-refractivity contribution >= 4 is 26.9 Å². The van der Waals surface area contributed by atoms with Gasteiger partial charge in [0, 0.05) is 10.5 Å². The molecule has 3 aromatic carbocycles. The Morgan fingerprint density at radius 3 is 2.45 bits per heavy atom. The van der Waals surface area contributed by atoms with Crippen molar-refractivity contribution in [2.45, 2.75) is 27.4 Å². The number of halogens is 1. The number of rotatable bonds is 4. The number of hydrogen-bond acceptors (Lipinski definition) is 3. The van der Waals surface area contributed by atoms with Crippen LogP contribution in [0.25, 0.3) is 22.1 Å². The first-order valence-electron chi connectivity index (χ1n) is 9.45. The molecule has 1 aromatic heterocycles. The summed E-state index contributed by atoms with van der Waals surface area (Å²) >= 11 is 3.43. The summed E-state index contributed by atoms with van der Waals surface area (Å²) in [6.07, 6.45) is 0. The summed E-state index contributed by atoms with van der Waals surface area (Å²) in [7, 11) is 0. The minimum atomic E-state index is -0.0350. The maximum atomic E-state index is 13.1. The molecule has 0 spiro atoms. The minimum absolute atomic E-state index is 0.0350. The van der Waals surface area contributed by atoms with Crippen LogP contribution in [0.15, 0.2) is 74.3 Å². The first kappa shape index (κ1) is 19.5. The average Bonchev–Trinajstić information content (AvgIpc) is 2.70. The highest BCUT2D eigenvalue weighted by molar-refractivity contribution is 9.10. The Morgan fingerprint density at radius 2 is 1.69 bits per heavy atom. The van der Waals surface area contributed by atoms with E-state index in [9.17, 15) is 4.79 Å². The van der Waals surface area contributed by atoms with Crippen LogP contribution in [0.5, 0.6) is 5.75 Å². The highest BCUT2D eigenvalue weighted by Gasteiger charge is 2.14. The van der Waals surface area contributed by atoms with E-state index < -0.39 is 0 Å². The highest BCUT2D eigenvalue weighted by Crippen LogP contribution is 2.27. The largest absolute Gasteiger partial charge is 0.489 e. The summed E-state index contributed by atoms with van der Waals surface area (Å²) in [6, 6.07) is 19.4. The zero-order chi connectivity index (χ0) is 20.5. The van der Waals surface area contributed by atoms with Crippen LogP contribution >= 0.6 is 15.9 Å². The van der Waals surface area contributed by atoms with Crippen molar-refractivity contribution in [2.24, 2.45) is 0 Å². The maximum Gasteiger partial charge on any atom is 0.200 e. The van der Waals surface area contributed by atoms with Crippen LogP contribution in [0.3, 0.4) is 0 Å². The number of benzene rings is 3. The van der Waals surface area contributed by atoms with Gasteiger partial charge in [-0.15, -0.1) is 0 Å². The first-order valence-corrected chi connectivity index (χ1v) is 10.2. The molecule has 0 bridgehead atoms.